The summed E-state index contributed by atoms with van der Waals surface area (Å²) in [4.78, 5) is 12.3. The van der Waals surface area contributed by atoms with E-state index in [-0.39, 0.29) is 22.9 Å². The number of nitrogens with two attached hydrogens (primary N) is 1. The average molecular weight is 369 g/mol. The van der Waals surface area contributed by atoms with E-state index in [4.69, 9.17) is 10.5 Å². The van der Waals surface area contributed by atoms with E-state index in [2.05, 4.69) is 5.32 Å². The molecule has 1 saturated heterocycles. The first kappa shape index (κ1) is 19.8. The Morgan fingerprint density at radius 3 is 2.48 bits per heavy atom. The van der Waals surface area contributed by atoms with Crippen LogP contribution in [0, 0.1) is 0 Å². The zero-order chi connectivity index (χ0) is 18.6. The summed E-state index contributed by atoms with van der Waals surface area (Å²) in [5.74, 6) is -0.160. The van der Waals surface area contributed by atoms with Crippen LogP contribution in [0.2, 0.25) is 0 Å². The minimum atomic E-state index is -3.49. The smallest absolute Gasteiger partial charge is 0.249 e. The Balaban J connectivity index is 1.94. The molecule has 3 N–H and O–H groups in total. The number of carbonyl (C=O) groups is 1. The van der Waals surface area contributed by atoms with Crippen molar-refractivity contribution in [2.24, 2.45) is 5.73 Å². The number of nitrogens with zero attached hydrogens (tertiary/aromatic N) is 1. The van der Waals surface area contributed by atoms with Crippen molar-refractivity contribution in [3.8, 4) is 0 Å². The fourth-order valence-electron chi connectivity index (χ4n) is 2.60. The van der Waals surface area contributed by atoms with Crippen molar-refractivity contribution in [1.29, 1.82) is 0 Å². The summed E-state index contributed by atoms with van der Waals surface area (Å²) in [6.45, 7) is 4.39. The largest absolute Gasteiger partial charge is 0.364 e. The van der Waals surface area contributed by atoms with E-state index in [1.165, 1.54) is 4.31 Å². The van der Waals surface area contributed by atoms with Crippen molar-refractivity contribution in [2.75, 3.05) is 13.6 Å². The van der Waals surface area contributed by atoms with Crippen molar-refractivity contribution >= 4 is 15.9 Å². The molecule has 25 heavy (non-hydrogen) atoms. The summed E-state index contributed by atoms with van der Waals surface area (Å²) in [6.07, 6.45) is 0.975. The van der Waals surface area contributed by atoms with Crippen LogP contribution in [0.15, 0.2) is 29.2 Å². The molecule has 0 aliphatic carbocycles. The molecule has 7 nitrogen and oxygen atoms in total. The third-order valence-electron chi connectivity index (χ3n) is 4.46. The van der Waals surface area contributed by atoms with Crippen LogP contribution in [0.5, 0.6) is 0 Å². The van der Waals surface area contributed by atoms with Gasteiger partial charge in [0.2, 0.25) is 15.9 Å². The predicted molar refractivity (Wildman–Crippen MR) is 95.3 cm³/mol. The molecular weight excluding hydrogens is 342 g/mol. The number of ether oxygens (including phenoxy) is 1. The summed E-state index contributed by atoms with van der Waals surface area (Å²) in [5, 5.41) is 2.82. The topological polar surface area (TPSA) is 102 Å². The van der Waals surface area contributed by atoms with Crippen LogP contribution in [-0.4, -0.2) is 50.5 Å². The molecular formula is C17H27N3O4S. The molecule has 2 atom stereocenters. The van der Waals surface area contributed by atoms with Gasteiger partial charge in [-0.15, -0.1) is 0 Å². The van der Waals surface area contributed by atoms with Crippen molar-refractivity contribution < 1.29 is 17.9 Å². The summed E-state index contributed by atoms with van der Waals surface area (Å²) in [5.41, 5.74) is 6.37. The average Bonchev–Trinajstić information content (AvgIpc) is 3.08. The van der Waals surface area contributed by atoms with Crippen LogP contribution in [0.3, 0.4) is 0 Å². The third-order valence-corrected chi connectivity index (χ3v) is 6.50. The molecule has 1 amide bonds. The molecule has 0 saturated carbocycles. The maximum absolute atomic E-state index is 12.4. The maximum atomic E-state index is 12.4. The monoisotopic (exact) mass is 369 g/mol. The van der Waals surface area contributed by atoms with Gasteiger partial charge in [-0.05, 0) is 44.4 Å². The van der Waals surface area contributed by atoms with Crippen LogP contribution in [0.1, 0.15) is 32.3 Å². The second-order valence-electron chi connectivity index (χ2n) is 6.54. The molecule has 0 bridgehead atoms. The molecule has 1 aliphatic heterocycles. The summed E-state index contributed by atoms with van der Waals surface area (Å²) >= 11 is 0. The molecule has 2 rings (SSSR count). The highest BCUT2D eigenvalue weighted by Crippen LogP contribution is 2.19. The highest BCUT2D eigenvalue weighted by molar-refractivity contribution is 7.89. The fraction of sp³-hybridized carbons (Fsp3) is 0.588. The van der Waals surface area contributed by atoms with E-state index in [0.717, 1.165) is 12.0 Å². The summed E-state index contributed by atoms with van der Waals surface area (Å²) in [7, 11) is -1.93. The second-order valence-corrected chi connectivity index (χ2v) is 8.53. The van der Waals surface area contributed by atoms with Gasteiger partial charge in [-0.1, -0.05) is 12.1 Å². The number of amides is 1. The van der Waals surface area contributed by atoms with E-state index in [0.29, 0.717) is 19.5 Å². The van der Waals surface area contributed by atoms with Gasteiger partial charge in [0.05, 0.1) is 11.0 Å². The van der Waals surface area contributed by atoms with Gasteiger partial charge in [0.25, 0.3) is 0 Å². The van der Waals surface area contributed by atoms with E-state index >= 15 is 0 Å². The van der Waals surface area contributed by atoms with Gasteiger partial charge in [-0.3, -0.25) is 4.79 Å². The lowest BCUT2D eigenvalue weighted by Gasteiger charge is -2.21. The van der Waals surface area contributed by atoms with Gasteiger partial charge in [-0.2, -0.15) is 4.31 Å². The van der Waals surface area contributed by atoms with E-state index in [1.54, 1.807) is 31.3 Å². The molecule has 140 valence electrons. The highest BCUT2D eigenvalue weighted by Gasteiger charge is 2.29. The first-order valence-corrected chi connectivity index (χ1v) is 9.90. The summed E-state index contributed by atoms with van der Waals surface area (Å²) < 4.78 is 31.7. The molecule has 0 spiro atoms. The quantitative estimate of drug-likeness (QED) is 0.741. The van der Waals surface area contributed by atoms with Crippen LogP contribution < -0.4 is 11.1 Å². The van der Waals surface area contributed by atoms with Gasteiger partial charge >= 0.3 is 0 Å². The molecule has 1 aromatic carbocycles. The van der Waals surface area contributed by atoms with E-state index in [1.807, 2.05) is 13.8 Å². The van der Waals surface area contributed by atoms with Crippen molar-refractivity contribution in [2.45, 2.75) is 56.4 Å². The SMILES string of the molecule is CC(C)N(C)S(=O)(=O)c1ccc(CNC(=O)[C@@H]2CC[C@H](CN)O2)cc1. The van der Waals surface area contributed by atoms with E-state index < -0.39 is 16.1 Å². The van der Waals surface area contributed by atoms with Crippen LogP contribution in [0.25, 0.3) is 0 Å². The van der Waals surface area contributed by atoms with Crippen molar-refractivity contribution in [3.63, 3.8) is 0 Å². The Hall–Kier alpha value is -1.48. The Kier molecular flexibility index (Phi) is 6.56. The van der Waals surface area contributed by atoms with Gasteiger partial charge in [0.1, 0.15) is 6.10 Å². The number of nitrogens with one attached hydrogen (secondary N) is 1. The minimum Gasteiger partial charge on any atom is -0.364 e. The molecule has 1 fully saturated rings. The van der Waals surface area contributed by atoms with Crippen LogP contribution in [0.4, 0.5) is 0 Å². The highest BCUT2D eigenvalue weighted by atomic mass is 32.2. The van der Waals surface area contributed by atoms with Gasteiger partial charge in [0, 0.05) is 26.2 Å². The first-order chi connectivity index (χ1) is 11.8. The lowest BCUT2D eigenvalue weighted by molar-refractivity contribution is -0.132. The Bertz CT molecular complexity index is 688. The predicted octanol–water partition coefficient (Wildman–Crippen LogP) is 0.838. The van der Waals surface area contributed by atoms with Gasteiger partial charge in [-0.25, -0.2) is 8.42 Å². The normalized spacial score (nSPS) is 21.0. The van der Waals surface area contributed by atoms with Gasteiger partial charge < -0.3 is 15.8 Å². The molecule has 0 radical (unpaired) electrons. The molecule has 1 heterocycles. The van der Waals surface area contributed by atoms with Crippen molar-refractivity contribution in [3.05, 3.63) is 29.8 Å². The Morgan fingerprint density at radius 2 is 1.96 bits per heavy atom. The number of hydrogen-bond donors (Lipinski definition) is 2. The zero-order valence-electron chi connectivity index (χ0n) is 14.9. The van der Waals surface area contributed by atoms with E-state index in [9.17, 15) is 13.2 Å². The Labute approximate surface area is 149 Å². The first-order valence-electron chi connectivity index (χ1n) is 8.46. The van der Waals surface area contributed by atoms with Crippen LogP contribution in [-0.2, 0) is 26.1 Å². The number of rotatable bonds is 7. The number of benzene rings is 1. The number of hydrogen-bond acceptors (Lipinski definition) is 5. The minimum absolute atomic E-state index is 0.0433. The van der Waals surface area contributed by atoms with Gasteiger partial charge in [0.15, 0.2) is 0 Å². The molecule has 1 aromatic rings. The summed E-state index contributed by atoms with van der Waals surface area (Å²) in [6, 6.07) is 6.42. The Morgan fingerprint density at radius 1 is 1.32 bits per heavy atom. The fourth-order valence-corrected chi connectivity index (χ4v) is 3.97. The maximum Gasteiger partial charge on any atom is 0.249 e. The molecule has 0 unspecified atom stereocenters. The number of carbonyl (C=O) groups excluding carboxylic acids is 1. The molecule has 0 aromatic heterocycles. The third kappa shape index (κ3) is 4.78. The zero-order valence-corrected chi connectivity index (χ0v) is 15.8. The lowest BCUT2D eigenvalue weighted by Crippen LogP contribution is -2.35. The molecule has 8 heteroatoms. The second kappa shape index (κ2) is 8.27. The van der Waals surface area contributed by atoms with Crippen molar-refractivity contribution in [1.82, 2.24) is 9.62 Å². The molecule has 1 aliphatic rings. The lowest BCUT2D eigenvalue weighted by atomic mass is 10.2. The van der Waals surface area contributed by atoms with Crippen LogP contribution >= 0.6 is 0 Å². The standard InChI is InChI=1S/C17H27N3O4S/c1-12(2)20(3)25(22,23)15-7-4-13(5-8-15)11-19-17(21)16-9-6-14(10-18)24-16/h4-5,7-8,12,14,16H,6,9-11,18H2,1-3H3,(H,19,21)/t14-,16+/m1/s1. The number of sulfonamides is 1.